The van der Waals surface area contributed by atoms with Gasteiger partial charge in [0, 0.05) is 18.3 Å². The molecule has 16 heavy (non-hydrogen) atoms. The molecule has 3 nitrogen and oxygen atoms in total. The van der Waals surface area contributed by atoms with Crippen LogP contribution in [-0.2, 0) is 0 Å². The van der Waals surface area contributed by atoms with E-state index in [4.69, 9.17) is 4.74 Å². The van der Waals surface area contributed by atoms with Crippen LogP contribution in [0.3, 0.4) is 0 Å². The summed E-state index contributed by atoms with van der Waals surface area (Å²) >= 11 is 0. The van der Waals surface area contributed by atoms with Crippen molar-refractivity contribution in [3.8, 4) is 5.88 Å². The summed E-state index contributed by atoms with van der Waals surface area (Å²) in [5, 5.41) is 3.37. The van der Waals surface area contributed by atoms with Crippen molar-refractivity contribution in [3.63, 3.8) is 0 Å². The van der Waals surface area contributed by atoms with E-state index in [-0.39, 0.29) is 0 Å². The maximum atomic E-state index is 5.60. The van der Waals surface area contributed by atoms with Gasteiger partial charge in [-0.05, 0) is 31.0 Å². The van der Waals surface area contributed by atoms with Crippen LogP contribution >= 0.6 is 0 Å². The van der Waals surface area contributed by atoms with E-state index in [1.165, 1.54) is 5.56 Å². The molecule has 1 unspecified atom stereocenters. The van der Waals surface area contributed by atoms with E-state index < -0.39 is 0 Å². The number of nitrogens with zero attached hydrogens (tertiary/aromatic N) is 1. The Morgan fingerprint density at radius 1 is 1.38 bits per heavy atom. The molecule has 0 aromatic carbocycles. The fourth-order valence-electron chi connectivity index (χ4n) is 1.45. The fourth-order valence-corrected chi connectivity index (χ4v) is 1.45. The Morgan fingerprint density at radius 3 is 2.75 bits per heavy atom. The molecule has 1 aromatic heterocycles. The lowest BCUT2D eigenvalue weighted by atomic mass is 10.1. The van der Waals surface area contributed by atoms with E-state index in [0.29, 0.717) is 18.6 Å². The van der Waals surface area contributed by atoms with Crippen molar-refractivity contribution in [1.82, 2.24) is 10.3 Å². The van der Waals surface area contributed by atoms with Crippen LogP contribution in [0, 0.1) is 5.92 Å². The van der Waals surface area contributed by atoms with Crippen LogP contribution in [0.2, 0.25) is 0 Å². The normalized spacial score (nSPS) is 12.8. The number of pyridine rings is 1. The Hall–Kier alpha value is -1.09. The first-order valence-corrected chi connectivity index (χ1v) is 5.95. The van der Waals surface area contributed by atoms with Crippen LogP contribution < -0.4 is 10.1 Å². The number of hydrogen-bond donors (Lipinski definition) is 1. The maximum Gasteiger partial charge on any atom is 0.213 e. The minimum atomic E-state index is 0.342. The molecular formula is C13H22N2O. The summed E-state index contributed by atoms with van der Waals surface area (Å²) in [6.07, 6.45) is 1.80. The molecule has 0 aliphatic carbocycles. The van der Waals surface area contributed by atoms with Gasteiger partial charge >= 0.3 is 0 Å². The van der Waals surface area contributed by atoms with Crippen molar-refractivity contribution >= 4 is 0 Å². The smallest absolute Gasteiger partial charge is 0.213 e. The molecule has 0 saturated carbocycles. The minimum absolute atomic E-state index is 0.342. The minimum Gasteiger partial charge on any atom is -0.477 e. The quantitative estimate of drug-likeness (QED) is 0.803. The molecule has 0 aliphatic heterocycles. The number of nitrogens with one attached hydrogen (secondary N) is 1. The van der Waals surface area contributed by atoms with E-state index in [1.54, 1.807) is 6.20 Å². The largest absolute Gasteiger partial charge is 0.477 e. The zero-order valence-electron chi connectivity index (χ0n) is 10.7. The van der Waals surface area contributed by atoms with Crippen LogP contribution in [0.4, 0.5) is 0 Å². The third kappa shape index (κ3) is 4.19. The molecule has 0 spiro atoms. The van der Waals surface area contributed by atoms with Crippen molar-refractivity contribution in [3.05, 3.63) is 23.9 Å². The Morgan fingerprint density at radius 2 is 2.12 bits per heavy atom. The highest BCUT2D eigenvalue weighted by molar-refractivity contribution is 5.23. The van der Waals surface area contributed by atoms with Crippen molar-refractivity contribution < 1.29 is 4.74 Å². The van der Waals surface area contributed by atoms with E-state index in [0.717, 1.165) is 12.4 Å². The van der Waals surface area contributed by atoms with E-state index in [1.807, 2.05) is 12.1 Å². The second-order valence-electron chi connectivity index (χ2n) is 4.41. The molecular weight excluding hydrogens is 200 g/mol. The summed E-state index contributed by atoms with van der Waals surface area (Å²) in [5.74, 6) is 1.24. The molecule has 0 bridgehead atoms. The van der Waals surface area contributed by atoms with Crippen molar-refractivity contribution in [2.75, 3.05) is 13.2 Å². The van der Waals surface area contributed by atoms with Gasteiger partial charge in [-0.2, -0.15) is 0 Å². The topological polar surface area (TPSA) is 34.2 Å². The van der Waals surface area contributed by atoms with Gasteiger partial charge in [-0.25, -0.2) is 4.98 Å². The standard InChI is InChI=1S/C13H22N2O/c1-5-14-11(4)12-6-7-15-13(8-12)16-9-10(2)3/h6-8,10-11,14H,5,9H2,1-4H3. The first kappa shape index (κ1) is 13.0. The van der Waals surface area contributed by atoms with Gasteiger partial charge in [0.1, 0.15) is 0 Å². The third-order valence-corrected chi connectivity index (χ3v) is 2.33. The van der Waals surface area contributed by atoms with Crippen molar-refractivity contribution in [1.29, 1.82) is 0 Å². The molecule has 1 N–H and O–H groups in total. The lowest BCUT2D eigenvalue weighted by Crippen LogP contribution is -2.17. The second-order valence-corrected chi connectivity index (χ2v) is 4.41. The lowest BCUT2D eigenvalue weighted by molar-refractivity contribution is 0.261. The second kappa shape index (κ2) is 6.48. The van der Waals surface area contributed by atoms with Gasteiger partial charge in [0.15, 0.2) is 0 Å². The van der Waals surface area contributed by atoms with Crippen LogP contribution in [0.5, 0.6) is 5.88 Å². The molecule has 3 heteroatoms. The Balaban J connectivity index is 2.63. The summed E-state index contributed by atoms with van der Waals surface area (Å²) < 4.78 is 5.60. The predicted octanol–water partition coefficient (Wildman–Crippen LogP) is 2.79. The first-order valence-electron chi connectivity index (χ1n) is 5.95. The summed E-state index contributed by atoms with van der Waals surface area (Å²) in [6.45, 7) is 10.2. The highest BCUT2D eigenvalue weighted by atomic mass is 16.5. The van der Waals surface area contributed by atoms with Gasteiger partial charge in [0.05, 0.1) is 6.61 Å². The molecule has 1 aromatic rings. The number of hydrogen-bond acceptors (Lipinski definition) is 3. The van der Waals surface area contributed by atoms with E-state index in [2.05, 4.69) is 38.0 Å². The van der Waals surface area contributed by atoms with Crippen molar-refractivity contribution in [2.45, 2.75) is 33.7 Å². The third-order valence-electron chi connectivity index (χ3n) is 2.33. The highest BCUT2D eigenvalue weighted by Crippen LogP contribution is 2.16. The number of rotatable bonds is 6. The Bertz CT molecular complexity index is 313. The molecule has 1 rings (SSSR count). The van der Waals surface area contributed by atoms with Crippen LogP contribution in [0.15, 0.2) is 18.3 Å². The zero-order valence-corrected chi connectivity index (χ0v) is 10.7. The molecule has 0 amide bonds. The predicted molar refractivity (Wildman–Crippen MR) is 66.7 cm³/mol. The Kier molecular flexibility index (Phi) is 5.26. The van der Waals surface area contributed by atoms with Gasteiger partial charge < -0.3 is 10.1 Å². The number of aromatic nitrogens is 1. The average molecular weight is 222 g/mol. The monoisotopic (exact) mass is 222 g/mol. The fraction of sp³-hybridized carbons (Fsp3) is 0.615. The van der Waals surface area contributed by atoms with Crippen molar-refractivity contribution in [2.24, 2.45) is 5.92 Å². The number of ether oxygens (including phenoxy) is 1. The lowest BCUT2D eigenvalue weighted by Gasteiger charge is -2.14. The van der Waals surface area contributed by atoms with Crippen LogP contribution in [-0.4, -0.2) is 18.1 Å². The summed E-state index contributed by atoms with van der Waals surface area (Å²) in [5.41, 5.74) is 1.22. The average Bonchev–Trinajstić information content (AvgIpc) is 2.27. The first-order chi connectivity index (χ1) is 7.63. The molecule has 1 atom stereocenters. The maximum absolute atomic E-state index is 5.60. The molecule has 1 heterocycles. The molecule has 0 radical (unpaired) electrons. The van der Waals surface area contributed by atoms with Gasteiger partial charge in [0.2, 0.25) is 5.88 Å². The Labute approximate surface area is 98.2 Å². The van der Waals surface area contributed by atoms with E-state index in [9.17, 15) is 0 Å². The summed E-state index contributed by atoms with van der Waals surface area (Å²) in [6, 6.07) is 4.38. The van der Waals surface area contributed by atoms with Gasteiger partial charge in [0.25, 0.3) is 0 Å². The zero-order chi connectivity index (χ0) is 12.0. The summed E-state index contributed by atoms with van der Waals surface area (Å²) in [4.78, 5) is 4.20. The van der Waals surface area contributed by atoms with Gasteiger partial charge in [-0.1, -0.05) is 20.8 Å². The van der Waals surface area contributed by atoms with Gasteiger partial charge in [-0.3, -0.25) is 0 Å². The van der Waals surface area contributed by atoms with Crippen LogP contribution in [0.25, 0.3) is 0 Å². The highest BCUT2D eigenvalue weighted by Gasteiger charge is 2.05. The SMILES string of the molecule is CCNC(C)c1ccnc(OCC(C)C)c1. The molecule has 0 aliphatic rings. The summed E-state index contributed by atoms with van der Waals surface area (Å²) in [7, 11) is 0. The van der Waals surface area contributed by atoms with Crippen LogP contribution in [0.1, 0.15) is 39.3 Å². The molecule has 0 saturated heterocycles. The van der Waals surface area contributed by atoms with E-state index >= 15 is 0 Å². The molecule has 90 valence electrons. The molecule has 0 fully saturated rings. The van der Waals surface area contributed by atoms with Gasteiger partial charge in [-0.15, -0.1) is 0 Å².